The molecule has 1 aliphatic heterocycles. The Labute approximate surface area is 174 Å². The minimum absolute atomic E-state index is 0.0438. The minimum atomic E-state index is -0.678. The zero-order valence-corrected chi connectivity index (χ0v) is 17.0. The maximum absolute atomic E-state index is 12.8. The first-order valence-corrected chi connectivity index (χ1v) is 9.16. The highest BCUT2D eigenvalue weighted by Gasteiger charge is 2.32. The quantitative estimate of drug-likeness (QED) is 0.700. The molecule has 8 heteroatoms. The molecule has 2 aromatic carbocycles. The van der Waals surface area contributed by atoms with E-state index in [4.69, 9.17) is 14.2 Å². The molecule has 0 aliphatic carbocycles. The third-order valence-electron chi connectivity index (χ3n) is 4.71. The zero-order chi connectivity index (χ0) is 21.7. The Hall–Kier alpha value is -3.65. The van der Waals surface area contributed by atoms with Crippen molar-refractivity contribution in [3.05, 3.63) is 71.4 Å². The Morgan fingerprint density at radius 2 is 1.57 bits per heavy atom. The number of ether oxygens (including phenoxy) is 3. The van der Waals surface area contributed by atoms with E-state index in [9.17, 15) is 14.4 Å². The highest BCUT2D eigenvalue weighted by molar-refractivity contribution is 6.06. The fraction of sp³-hybridized carbons (Fsp3) is 0.227. The van der Waals surface area contributed by atoms with Crippen LogP contribution >= 0.6 is 0 Å². The van der Waals surface area contributed by atoms with Crippen molar-refractivity contribution < 1.29 is 28.6 Å². The summed E-state index contributed by atoms with van der Waals surface area (Å²) < 4.78 is 15.1. The van der Waals surface area contributed by atoms with Crippen LogP contribution in [0.5, 0.6) is 0 Å². The first-order chi connectivity index (χ1) is 14.5. The Bertz CT molecular complexity index is 969. The van der Waals surface area contributed by atoms with Gasteiger partial charge in [0.1, 0.15) is 12.4 Å². The average molecular weight is 410 g/mol. The van der Waals surface area contributed by atoms with Gasteiger partial charge in [0.25, 0.3) is 5.91 Å². The van der Waals surface area contributed by atoms with Crippen molar-refractivity contribution in [1.82, 2.24) is 0 Å². The van der Waals surface area contributed by atoms with Crippen LogP contribution in [0.1, 0.15) is 10.4 Å². The third-order valence-corrected chi connectivity index (χ3v) is 4.71. The number of carbonyl (C=O) groups excluding carboxylic acids is 3. The van der Waals surface area contributed by atoms with Gasteiger partial charge in [0.15, 0.2) is 0 Å². The van der Waals surface area contributed by atoms with Gasteiger partial charge >= 0.3 is 11.9 Å². The topological polar surface area (TPSA) is 85.4 Å². The summed E-state index contributed by atoms with van der Waals surface area (Å²) in [5.74, 6) is -1.53. The predicted molar refractivity (Wildman–Crippen MR) is 110 cm³/mol. The van der Waals surface area contributed by atoms with Gasteiger partial charge in [-0.15, -0.1) is 0 Å². The van der Waals surface area contributed by atoms with E-state index >= 15 is 0 Å². The lowest BCUT2D eigenvalue weighted by atomic mass is 10.1. The lowest BCUT2D eigenvalue weighted by molar-refractivity contribution is -0.140. The van der Waals surface area contributed by atoms with Gasteiger partial charge in [-0.25, -0.2) is 9.59 Å². The van der Waals surface area contributed by atoms with Gasteiger partial charge in [0.05, 0.1) is 26.4 Å². The molecule has 1 heterocycles. The number of amides is 1. The summed E-state index contributed by atoms with van der Waals surface area (Å²) >= 11 is 0. The lowest BCUT2D eigenvalue weighted by Gasteiger charge is -2.31. The number of hydrogen-bond donors (Lipinski definition) is 0. The SMILES string of the molecule is COC(=O)C1=C(C(=O)OC)N(c2ccc(C(=O)N(C)c3ccccc3)cc2)COC1. The molecule has 0 saturated carbocycles. The number of hydrogen-bond acceptors (Lipinski definition) is 7. The van der Waals surface area contributed by atoms with Crippen LogP contribution in [-0.2, 0) is 23.8 Å². The van der Waals surface area contributed by atoms with Crippen LogP contribution in [0, 0.1) is 0 Å². The van der Waals surface area contributed by atoms with E-state index < -0.39 is 11.9 Å². The Morgan fingerprint density at radius 3 is 2.17 bits per heavy atom. The van der Waals surface area contributed by atoms with Gasteiger partial charge < -0.3 is 24.0 Å². The molecule has 30 heavy (non-hydrogen) atoms. The molecule has 1 amide bonds. The molecule has 3 rings (SSSR count). The molecule has 0 bridgehead atoms. The first-order valence-electron chi connectivity index (χ1n) is 9.16. The summed E-state index contributed by atoms with van der Waals surface area (Å²) in [5, 5.41) is 0. The van der Waals surface area contributed by atoms with Crippen LogP contribution in [0.3, 0.4) is 0 Å². The number of anilines is 2. The van der Waals surface area contributed by atoms with Crippen molar-refractivity contribution in [2.24, 2.45) is 0 Å². The Kier molecular flexibility index (Phi) is 6.48. The first kappa shape index (κ1) is 21.1. The molecule has 8 nitrogen and oxygen atoms in total. The monoisotopic (exact) mass is 410 g/mol. The van der Waals surface area contributed by atoms with E-state index in [1.165, 1.54) is 19.1 Å². The third kappa shape index (κ3) is 4.18. The normalized spacial score (nSPS) is 13.6. The lowest BCUT2D eigenvalue weighted by Crippen LogP contribution is -2.38. The standard InChI is InChI=1S/C22H22N2O6/c1-23(16-7-5-4-6-8-16)20(25)15-9-11-17(12-10-15)24-14-30-13-18(21(26)28-2)19(24)22(27)29-3/h4-12H,13-14H2,1-3H3. The largest absolute Gasteiger partial charge is 0.466 e. The molecule has 1 aliphatic rings. The van der Waals surface area contributed by atoms with Crippen LogP contribution < -0.4 is 9.80 Å². The van der Waals surface area contributed by atoms with E-state index in [-0.39, 0.29) is 30.5 Å². The van der Waals surface area contributed by atoms with E-state index in [1.807, 2.05) is 30.3 Å². The molecule has 0 saturated heterocycles. The average Bonchev–Trinajstić information content (AvgIpc) is 2.82. The summed E-state index contributed by atoms with van der Waals surface area (Å²) in [7, 11) is 4.16. The summed E-state index contributed by atoms with van der Waals surface area (Å²) in [4.78, 5) is 40.3. The highest BCUT2D eigenvalue weighted by atomic mass is 16.5. The van der Waals surface area contributed by atoms with E-state index in [0.29, 0.717) is 11.3 Å². The van der Waals surface area contributed by atoms with Gasteiger partial charge in [-0.05, 0) is 36.4 Å². The Morgan fingerprint density at radius 1 is 0.933 bits per heavy atom. The van der Waals surface area contributed by atoms with Crippen LogP contribution in [0.2, 0.25) is 0 Å². The molecule has 2 aromatic rings. The van der Waals surface area contributed by atoms with E-state index in [1.54, 1.807) is 36.2 Å². The molecular weight excluding hydrogens is 388 g/mol. The van der Waals surface area contributed by atoms with Crippen molar-refractivity contribution in [3.63, 3.8) is 0 Å². The summed E-state index contributed by atoms with van der Waals surface area (Å²) in [6, 6.07) is 16.0. The summed E-state index contributed by atoms with van der Waals surface area (Å²) in [6.45, 7) is -0.0197. The number of para-hydroxylation sites is 1. The number of esters is 2. The Balaban J connectivity index is 1.90. The molecule has 0 aromatic heterocycles. The highest BCUT2D eigenvalue weighted by Crippen LogP contribution is 2.27. The maximum Gasteiger partial charge on any atom is 0.355 e. The fourth-order valence-electron chi connectivity index (χ4n) is 3.09. The molecule has 0 spiro atoms. The fourth-order valence-corrected chi connectivity index (χ4v) is 3.09. The number of nitrogens with zero attached hydrogens (tertiary/aromatic N) is 2. The molecule has 0 N–H and O–H groups in total. The number of rotatable bonds is 5. The second-order valence-corrected chi connectivity index (χ2v) is 6.46. The maximum atomic E-state index is 12.8. The van der Waals surface area contributed by atoms with E-state index in [2.05, 4.69) is 0 Å². The van der Waals surface area contributed by atoms with Crippen molar-refractivity contribution in [3.8, 4) is 0 Å². The van der Waals surface area contributed by atoms with Crippen molar-refractivity contribution in [1.29, 1.82) is 0 Å². The van der Waals surface area contributed by atoms with Gasteiger partial charge in [-0.3, -0.25) is 4.79 Å². The second-order valence-electron chi connectivity index (χ2n) is 6.46. The van der Waals surface area contributed by atoms with Gasteiger partial charge in [0.2, 0.25) is 0 Å². The molecule has 0 radical (unpaired) electrons. The number of carbonyl (C=O) groups is 3. The zero-order valence-electron chi connectivity index (χ0n) is 17.0. The van der Waals surface area contributed by atoms with Crippen molar-refractivity contribution >= 4 is 29.2 Å². The summed E-state index contributed by atoms with van der Waals surface area (Å²) in [5.41, 5.74) is 1.93. The van der Waals surface area contributed by atoms with Crippen LogP contribution in [0.25, 0.3) is 0 Å². The summed E-state index contributed by atoms with van der Waals surface area (Å²) in [6.07, 6.45) is 0. The number of benzene rings is 2. The van der Waals surface area contributed by atoms with Crippen LogP contribution in [0.4, 0.5) is 11.4 Å². The smallest absolute Gasteiger partial charge is 0.355 e. The van der Waals surface area contributed by atoms with Gasteiger partial charge in [0, 0.05) is 24.0 Å². The van der Waals surface area contributed by atoms with E-state index in [0.717, 1.165) is 5.69 Å². The molecule has 156 valence electrons. The molecule has 0 unspecified atom stereocenters. The van der Waals surface area contributed by atoms with Crippen molar-refractivity contribution in [2.45, 2.75) is 0 Å². The van der Waals surface area contributed by atoms with Crippen LogP contribution in [0.15, 0.2) is 65.9 Å². The molecule has 0 atom stereocenters. The number of methoxy groups -OCH3 is 2. The van der Waals surface area contributed by atoms with Crippen molar-refractivity contribution in [2.75, 3.05) is 44.4 Å². The van der Waals surface area contributed by atoms with Crippen LogP contribution in [-0.4, -0.2) is 52.5 Å². The second kappa shape index (κ2) is 9.23. The van der Waals surface area contributed by atoms with Gasteiger partial charge in [-0.2, -0.15) is 0 Å². The van der Waals surface area contributed by atoms with Gasteiger partial charge in [-0.1, -0.05) is 18.2 Å². The minimum Gasteiger partial charge on any atom is -0.466 e. The molecule has 0 fully saturated rings. The predicted octanol–water partition coefficient (Wildman–Crippen LogP) is 2.36. The molecular formula is C22H22N2O6.